The van der Waals surface area contributed by atoms with E-state index in [9.17, 15) is 0 Å². The van der Waals surface area contributed by atoms with Gasteiger partial charge in [-0.1, -0.05) is 43.5 Å². The van der Waals surface area contributed by atoms with Gasteiger partial charge in [-0.25, -0.2) is 0 Å². The molecular formula is C12H17Cl2N. The SMILES string of the molecule is CCCC(CC)Nc1cc(Cl)cc(Cl)c1. The zero-order valence-electron chi connectivity index (χ0n) is 9.19. The summed E-state index contributed by atoms with van der Waals surface area (Å²) in [7, 11) is 0. The van der Waals surface area contributed by atoms with Crippen molar-refractivity contribution in [3.63, 3.8) is 0 Å². The van der Waals surface area contributed by atoms with Crippen LogP contribution in [0.5, 0.6) is 0 Å². The fraction of sp³-hybridized carbons (Fsp3) is 0.500. The molecule has 1 rings (SSSR count). The summed E-state index contributed by atoms with van der Waals surface area (Å²) in [5, 5.41) is 4.80. The van der Waals surface area contributed by atoms with Gasteiger partial charge in [-0.15, -0.1) is 0 Å². The predicted molar refractivity (Wildman–Crippen MR) is 69.1 cm³/mol. The number of nitrogens with one attached hydrogen (secondary N) is 1. The molecule has 0 fully saturated rings. The molecule has 1 nitrogen and oxygen atoms in total. The van der Waals surface area contributed by atoms with E-state index in [-0.39, 0.29) is 0 Å². The van der Waals surface area contributed by atoms with Crippen molar-refractivity contribution in [3.05, 3.63) is 28.2 Å². The minimum Gasteiger partial charge on any atom is -0.382 e. The normalized spacial score (nSPS) is 12.5. The third-order valence-electron chi connectivity index (χ3n) is 2.36. The highest BCUT2D eigenvalue weighted by Crippen LogP contribution is 2.23. The van der Waals surface area contributed by atoms with Crippen molar-refractivity contribution >= 4 is 28.9 Å². The summed E-state index contributed by atoms with van der Waals surface area (Å²) in [6.45, 7) is 4.37. The highest BCUT2D eigenvalue weighted by atomic mass is 35.5. The zero-order chi connectivity index (χ0) is 11.3. The van der Waals surface area contributed by atoms with Gasteiger partial charge in [0, 0.05) is 21.8 Å². The molecule has 3 heteroatoms. The molecule has 0 amide bonds. The molecule has 0 radical (unpaired) electrons. The summed E-state index contributed by atoms with van der Waals surface area (Å²) in [5.41, 5.74) is 1.01. The van der Waals surface area contributed by atoms with Crippen LogP contribution in [0.3, 0.4) is 0 Å². The Morgan fingerprint density at radius 1 is 1.13 bits per heavy atom. The van der Waals surface area contributed by atoms with Gasteiger partial charge < -0.3 is 5.32 Å². The summed E-state index contributed by atoms with van der Waals surface area (Å²) in [6.07, 6.45) is 3.46. The van der Waals surface area contributed by atoms with E-state index in [1.165, 1.54) is 12.8 Å². The molecule has 1 N–H and O–H groups in total. The topological polar surface area (TPSA) is 12.0 Å². The zero-order valence-corrected chi connectivity index (χ0v) is 10.7. The minimum atomic E-state index is 0.504. The van der Waals surface area contributed by atoms with Crippen LogP contribution in [-0.2, 0) is 0 Å². The van der Waals surface area contributed by atoms with Gasteiger partial charge in [-0.05, 0) is 31.0 Å². The van der Waals surface area contributed by atoms with Crippen LogP contribution in [0.15, 0.2) is 18.2 Å². The van der Waals surface area contributed by atoms with Crippen molar-refractivity contribution in [3.8, 4) is 0 Å². The molecule has 0 bridgehead atoms. The van der Waals surface area contributed by atoms with Crippen LogP contribution in [0.2, 0.25) is 10.0 Å². The average Bonchev–Trinajstić information content (AvgIpc) is 2.15. The van der Waals surface area contributed by atoms with E-state index in [1.807, 2.05) is 12.1 Å². The van der Waals surface area contributed by atoms with Crippen molar-refractivity contribution in [1.29, 1.82) is 0 Å². The van der Waals surface area contributed by atoms with Gasteiger partial charge in [0.2, 0.25) is 0 Å². The van der Waals surface area contributed by atoms with Crippen LogP contribution in [0, 0.1) is 0 Å². The van der Waals surface area contributed by atoms with Crippen LogP contribution in [0.25, 0.3) is 0 Å². The third kappa shape index (κ3) is 4.31. The minimum absolute atomic E-state index is 0.504. The summed E-state index contributed by atoms with van der Waals surface area (Å²) in [4.78, 5) is 0. The van der Waals surface area contributed by atoms with E-state index in [1.54, 1.807) is 6.07 Å². The molecule has 0 aliphatic heterocycles. The van der Waals surface area contributed by atoms with Crippen LogP contribution in [-0.4, -0.2) is 6.04 Å². The summed E-state index contributed by atoms with van der Waals surface area (Å²) in [5.74, 6) is 0. The van der Waals surface area contributed by atoms with E-state index in [0.717, 1.165) is 12.1 Å². The number of hydrogen-bond donors (Lipinski definition) is 1. The Balaban J connectivity index is 2.69. The fourth-order valence-corrected chi connectivity index (χ4v) is 2.13. The summed E-state index contributed by atoms with van der Waals surface area (Å²) < 4.78 is 0. The lowest BCUT2D eigenvalue weighted by Crippen LogP contribution is -2.17. The van der Waals surface area contributed by atoms with Crippen molar-refractivity contribution in [2.45, 2.75) is 39.2 Å². The van der Waals surface area contributed by atoms with Gasteiger partial charge in [0.15, 0.2) is 0 Å². The van der Waals surface area contributed by atoms with Gasteiger partial charge in [0.1, 0.15) is 0 Å². The number of benzene rings is 1. The fourth-order valence-electron chi connectivity index (χ4n) is 1.60. The first-order chi connectivity index (χ1) is 7.15. The van der Waals surface area contributed by atoms with Gasteiger partial charge in [0.25, 0.3) is 0 Å². The average molecular weight is 246 g/mol. The quantitative estimate of drug-likeness (QED) is 0.772. The molecule has 0 saturated heterocycles. The molecule has 1 aromatic rings. The Bertz CT molecular complexity index is 292. The highest BCUT2D eigenvalue weighted by Gasteiger charge is 2.05. The smallest absolute Gasteiger partial charge is 0.0441 e. The lowest BCUT2D eigenvalue weighted by molar-refractivity contribution is 0.623. The Hall–Kier alpha value is -0.400. The summed E-state index contributed by atoms with van der Waals surface area (Å²) in [6, 6.07) is 6.07. The molecule has 0 spiro atoms. The molecule has 1 atom stereocenters. The maximum Gasteiger partial charge on any atom is 0.0441 e. The first-order valence-corrected chi connectivity index (χ1v) is 6.14. The van der Waals surface area contributed by atoms with Crippen molar-refractivity contribution < 1.29 is 0 Å². The molecule has 0 aliphatic carbocycles. The molecule has 1 aromatic carbocycles. The van der Waals surface area contributed by atoms with E-state index in [2.05, 4.69) is 19.2 Å². The second-order valence-corrected chi connectivity index (χ2v) is 4.57. The largest absolute Gasteiger partial charge is 0.382 e. The monoisotopic (exact) mass is 245 g/mol. The van der Waals surface area contributed by atoms with E-state index < -0.39 is 0 Å². The van der Waals surface area contributed by atoms with E-state index in [4.69, 9.17) is 23.2 Å². The number of halogens is 2. The first kappa shape index (κ1) is 12.7. The second-order valence-electron chi connectivity index (χ2n) is 3.70. The van der Waals surface area contributed by atoms with Crippen LogP contribution >= 0.6 is 23.2 Å². The van der Waals surface area contributed by atoms with Crippen LogP contribution < -0.4 is 5.32 Å². The molecule has 0 saturated carbocycles. The molecule has 0 aromatic heterocycles. The van der Waals surface area contributed by atoms with Gasteiger partial charge in [-0.2, -0.15) is 0 Å². The number of anilines is 1. The highest BCUT2D eigenvalue weighted by molar-refractivity contribution is 6.35. The number of rotatable bonds is 5. The van der Waals surface area contributed by atoms with Crippen molar-refractivity contribution in [1.82, 2.24) is 0 Å². The van der Waals surface area contributed by atoms with Crippen LogP contribution in [0.1, 0.15) is 33.1 Å². The molecule has 15 heavy (non-hydrogen) atoms. The molecular weight excluding hydrogens is 229 g/mol. The first-order valence-electron chi connectivity index (χ1n) is 5.38. The van der Waals surface area contributed by atoms with Gasteiger partial charge >= 0.3 is 0 Å². The van der Waals surface area contributed by atoms with E-state index in [0.29, 0.717) is 16.1 Å². The second kappa shape index (κ2) is 6.24. The standard InChI is InChI=1S/C12H17Cl2N/c1-3-5-11(4-2)15-12-7-9(13)6-10(14)8-12/h6-8,11,15H,3-5H2,1-2H3. The lowest BCUT2D eigenvalue weighted by Gasteiger charge is -2.17. The Labute approximate surface area is 102 Å². The van der Waals surface area contributed by atoms with Gasteiger partial charge in [-0.3, -0.25) is 0 Å². The van der Waals surface area contributed by atoms with Gasteiger partial charge in [0.05, 0.1) is 0 Å². The lowest BCUT2D eigenvalue weighted by atomic mass is 10.1. The van der Waals surface area contributed by atoms with Crippen molar-refractivity contribution in [2.24, 2.45) is 0 Å². The molecule has 1 unspecified atom stereocenters. The van der Waals surface area contributed by atoms with Crippen LogP contribution in [0.4, 0.5) is 5.69 Å². The van der Waals surface area contributed by atoms with E-state index >= 15 is 0 Å². The Kier molecular flexibility index (Phi) is 5.27. The molecule has 0 aliphatic rings. The van der Waals surface area contributed by atoms with Crippen molar-refractivity contribution in [2.75, 3.05) is 5.32 Å². The third-order valence-corrected chi connectivity index (χ3v) is 2.80. The molecule has 84 valence electrons. The maximum atomic E-state index is 5.93. The summed E-state index contributed by atoms with van der Waals surface area (Å²) >= 11 is 11.9. The Morgan fingerprint density at radius 3 is 2.20 bits per heavy atom. The predicted octanol–water partition coefficient (Wildman–Crippen LogP) is 4.98. The maximum absolute atomic E-state index is 5.93. The Morgan fingerprint density at radius 2 is 1.73 bits per heavy atom. The molecule has 0 heterocycles. The number of hydrogen-bond acceptors (Lipinski definition) is 1.